The monoisotopic (exact) mass is 602 g/mol. The molecule has 1 radical (unpaired) electrons. The van der Waals surface area contributed by atoms with Crippen LogP contribution in [0.4, 0.5) is 0 Å². The van der Waals surface area contributed by atoms with Crippen molar-refractivity contribution in [2.75, 3.05) is 0 Å². The zero-order valence-corrected chi connectivity index (χ0v) is 34.7. The summed E-state index contributed by atoms with van der Waals surface area (Å²) in [7, 11) is 0. The van der Waals surface area contributed by atoms with Gasteiger partial charge in [0.1, 0.15) is 0 Å². The largest absolute Gasteiger partial charge is 3.00 e. The smallest absolute Gasteiger partial charge is 0.298 e. The third kappa shape index (κ3) is 18.3. The van der Waals surface area contributed by atoms with E-state index in [0.717, 1.165) is 0 Å². The molecule has 0 N–H and O–H groups in total. The van der Waals surface area contributed by atoms with Crippen molar-refractivity contribution < 1.29 is 17.4 Å². The predicted molar refractivity (Wildman–Crippen MR) is 185 cm³/mol. The number of rotatable bonds is 0. The van der Waals surface area contributed by atoms with Crippen molar-refractivity contribution in [1.82, 2.24) is 0 Å². The summed E-state index contributed by atoms with van der Waals surface area (Å²) in [6, 6.07) is 0. The summed E-state index contributed by atoms with van der Waals surface area (Å²) in [6.45, 7) is 62.6. The van der Waals surface area contributed by atoms with Crippen LogP contribution in [0, 0.1) is 66.5 Å². The molecule has 0 unspecified atom stereocenters. The first kappa shape index (κ1) is 47.5. The molecule has 243 valence electrons. The van der Waals surface area contributed by atoms with E-state index in [1.807, 2.05) is 0 Å². The molecule has 0 aliphatic rings. The van der Waals surface area contributed by atoms with Gasteiger partial charge in [-0.2, -0.15) is 48.7 Å². The Hall–Kier alpha value is 0.532. The molecule has 40 heavy (non-hydrogen) atoms. The Labute approximate surface area is 269 Å². The Balaban J connectivity index is -0.000000240. The normalized spacial score (nSPS) is 14.8. The summed E-state index contributed by atoms with van der Waals surface area (Å²) in [6.07, 6.45) is 0. The molecule has 0 bridgehead atoms. The van der Waals surface area contributed by atoms with Gasteiger partial charge >= 0.3 is 17.4 Å². The van der Waals surface area contributed by atoms with Gasteiger partial charge in [-0.3, -0.25) is 17.8 Å². The molecular formula is C39H81Cr. The molecule has 0 atom stereocenters. The molecule has 0 aliphatic heterocycles. The van der Waals surface area contributed by atoms with E-state index in [4.69, 9.17) is 0 Å². The Morgan fingerprint density at radius 2 is 0.225 bits per heavy atom. The van der Waals surface area contributed by atoms with E-state index in [-0.39, 0.29) is 17.4 Å². The van der Waals surface area contributed by atoms with Crippen molar-refractivity contribution >= 4 is 0 Å². The molecule has 0 heterocycles. The molecule has 0 amide bonds. The fraction of sp³-hybridized carbons (Fsp3) is 0.923. The molecule has 1 heteroatoms. The van der Waals surface area contributed by atoms with Crippen LogP contribution in [-0.4, -0.2) is 0 Å². The molecule has 0 fully saturated rings. The van der Waals surface area contributed by atoms with Gasteiger partial charge in [-0.15, -0.1) is 0 Å². The van der Waals surface area contributed by atoms with E-state index in [9.17, 15) is 0 Å². The van der Waals surface area contributed by atoms with E-state index in [1.165, 1.54) is 0 Å². The first-order valence-electron chi connectivity index (χ1n) is 15.8. The van der Waals surface area contributed by atoms with Gasteiger partial charge in [-0.25, -0.2) is 0 Å². The van der Waals surface area contributed by atoms with Crippen LogP contribution < -0.4 is 0 Å². The van der Waals surface area contributed by atoms with Crippen LogP contribution in [0.25, 0.3) is 0 Å². The second-order valence-electron chi connectivity index (χ2n) is 21.4. The van der Waals surface area contributed by atoms with Gasteiger partial charge < -0.3 is 0 Å². The van der Waals surface area contributed by atoms with Gasteiger partial charge in [-0.05, 0) is 0 Å². The maximum absolute atomic E-state index is 2.32. The SMILES string of the molecule is CC(C)(C)[C-](C(C)(C)C)C(C)(C)C.CC(C)(C)[C-](C(C)(C)C)C(C)(C)C.CC(C)(C)[C-](C(C)(C)C)C(C)(C)C.[Cr+3]. The molecule has 0 aromatic heterocycles. The van der Waals surface area contributed by atoms with Crippen molar-refractivity contribution in [3.63, 3.8) is 0 Å². The second kappa shape index (κ2) is 14.5. The Kier molecular flexibility index (Phi) is 17.3. The Bertz CT molecular complexity index is 475. The standard InChI is InChI=1S/3C13H27.Cr/c3*1-11(2,3)10(12(4,5)6)13(7,8)9;/h3*1-9H3;/q3*-1;+3. The van der Waals surface area contributed by atoms with Crippen LogP contribution in [-0.2, 0) is 17.4 Å². The van der Waals surface area contributed by atoms with E-state index in [2.05, 4.69) is 187 Å². The van der Waals surface area contributed by atoms with E-state index < -0.39 is 0 Å². The third-order valence-electron chi connectivity index (χ3n) is 6.75. The summed E-state index contributed by atoms with van der Waals surface area (Å²) < 4.78 is 0. The molecule has 0 spiro atoms. The first-order chi connectivity index (χ1) is 16.1. The van der Waals surface area contributed by atoms with E-state index in [0.29, 0.717) is 48.7 Å². The van der Waals surface area contributed by atoms with Crippen LogP contribution >= 0.6 is 0 Å². The molecule has 0 aromatic rings. The summed E-state index contributed by atoms with van der Waals surface area (Å²) in [5.41, 5.74) is 2.72. The summed E-state index contributed by atoms with van der Waals surface area (Å²) in [5, 5.41) is 0. The van der Waals surface area contributed by atoms with Crippen molar-refractivity contribution in [1.29, 1.82) is 0 Å². The van der Waals surface area contributed by atoms with E-state index >= 15 is 0 Å². The second-order valence-corrected chi connectivity index (χ2v) is 21.4. The topological polar surface area (TPSA) is 0 Å². The maximum atomic E-state index is 2.32. The van der Waals surface area contributed by atoms with E-state index in [1.54, 1.807) is 17.8 Å². The molecule has 0 saturated heterocycles. The average molecular weight is 602 g/mol. The van der Waals surface area contributed by atoms with Crippen molar-refractivity contribution in [2.45, 2.75) is 187 Å². The summed E-state index contributed by atoms with van der Waals surface area (Å²) in [4.78, 5) is 0. The maximum Gasteiger partial charge on any atom is 3.00 e. The van der Waals surface area contributed by atoms with Gasteiger partial charge in [0.15, 0.2) is 0 Å². The predicted octanol–water partition coefficient (Wildman–Crippen LogP) is 14.1. The van der Waals surface area contributed by atoms with Gasteiger partial charge in [0, 0.05) is 0 Å². The van der Waals surface area contributed by atoms with Crippen molar-refractivity contribution in [3.8, 4) is 0 Å². The number of hydrogen-bond donors (Lipinski definition) is 0. The third-order valence-corrected chi connectivity index (χ3v) is 6.75. The summed E-state index contributed by atoms with van der Waals surface area (Å²) >= 11 is 0. The molecule has 0 rings (SSSR count). The fourth-order valence-corrected chi connectivity index (χ4v) is 10.1. The minimum absolute atomic E-state index is 0. The van der Waals surface area contributed by atoms with Crippen LogP contribution in [0.3, 0.4) is 0 Å². The quantitative estimate of drug-likeness (QED) is 0.242. The van der Waals surface area contributed by atoms with Crippen LogP contribution in [0.2, 0.25) is 0 Å². The zero-order valence-electron chi connectivity index (χ0n) is 33.4. The van der Waals surface area contributed by atoms with Gasteiger partial charge in [-0.1, -0.05) is 187 Å². The number of hydrogen-bond acceptors (Lipinski definition) is 0. The van der Waals surface area contributed by atoms with Gasteiger partial charge in [0.25, 0.3) is 0 Å². The average Bonchev–Trinajstić information content (AvgIpc) is 2.29. The fourth-order valence-electron chi connectivity index (χ4n) is 10.1. The molecule has 0 saturated carbocycles. The summed E-state index contributed by atoms with van der Waals surface area (Å²) in [5.74, 6) is 4.94. The van der Waals surface area contributed by atoms with Crippen molar-refractivity contribution in [3.05, 3.63) is 17.8 Å². The van der Waals surface area contributed by atoms with Crippen LogP contribution in [0.1, 0.15) is 187 Å². The minimum atomic E-state index is 0. The Morgan fingerprint density at radius 1 is 0.175 bits per heavy atom. The van der Waals surface area contributed by atoms with Crippen LogP contribution in [0.15, 0.2) is 0 Å². The van der Waals surface area contributed by atoms with Gasteiger partial charge in [0.2, 0.25) is 0 Å². The molecule has 0 aliphatic carbocycles. The van der Waals surface area contributed by atoms with Crippen molar-refractivity contribution in [2.24, 2.45) is 48.7 Å². The molecular weight excluding hydrogens is 520 g/mol. The molecule has 0 nitrogen and oxygen atoms in total. The Morgan fingerprint density at radius 3 is 0.225 bits per heavy atom. The first-order valence-corrected chi connectivity index (χ1v) is 15.8. The molecule has 0 aromatic carbocycles. The minimum Gasteiger partial charge on any atom is -0.298 e. The van der Waals surface area contributed by atoms with Gasteiger partial charge in [0.05, 0.1) is 0 Å². The van der Waals surface area contributed by atoms with Crippen LogP contribution in [0.5, 0.6) is 0 Å². The zero-order chi connectivity index (χ0) is 33.2.